The number of esters is 1. The van der Waals surface area contributed by atoms with Gasteiger partial charge in [-0.1, -0.05) is 139 Å². The van der Waals surface area contributed by atoms with Crippen LogP contribution in [-0.4, -0.2) is 94.2 Å². The average molecular weight is 1110 g/mol. The minimum absolute atomic E-state index is 0.0116. The van der Waals surface area contributed by atoms with Gasteiger partial charge in [0.05, 0.1) is 49.1 Å². The lowest BCUT2D eigenvalue weighted by atomic mass is 9.87. The summed E-state index contributed by atoms with van der Waals surface area (Å²) in [6.07, 6.45) is 9.59. The van der Waals surface area contributed by atoms with Crippen LogP contribution in [0, 0.1) is 41.4 Å². The number of carbonyl (C=O) groups excluding carboxylic acids is 1. The molecule has 430 valence electrons. The Balaban J connectivity index is 2.78. The van der Waals surface area contributed by atoms with E-state index >= 15 is 0 Å². The molecule has 12 heteroatoms. The highest BCUT2D eigenvalue weighted by Crippen LogP contribution is 2.46. The van der Waals surface area contributed by atoms with E-state index in [1.807, 2.05) is 32.1 Å². The molecule has 2 aliphatic heterocycles. The maximum absolute atomic E-state index is 14.2. The highest BCUT2D eigenvalue weighted by Gasteiger charge is 2.51. The number of hydrogen-bond donors (Lipinski definition) is 0. The van der Waals surface area contributed by atoms with Gasteiger partial charge in [-0.2, -0.15) is 0 Å². The molecule has 0 N–H and O–H groups in total. The lowest BCUT2D eigenvalue weighted by Gasteiger charge is -2.47. The molecule has 0 bridgehead atoms. The Kier molecular flexibility index (Phi) is 26.8. The van der Waals surface area contributed by atoms with Crippen molar-refractivity contribution in [2.24, 2.45) is 17.8 Å². The standard InChI is InChI=1S/C63H114O8Si4/c1-28-33-37-51-39-40-53(65-51)52(38-34-36-45(6)7)67-58(64)44-54-48(10)42-57(66-54)60(71-74(26,27)63(19,20)21)59(70-73(24,25)62(16,17)18)49(11)41-47(9)50(12)56(68-72(22,23)61(13,14)15)43-55(46(8)35-29-2)69-75(30-3,31-4)32-5/h34,36,38,41,46,48,50-57,59-60H,11,30-32,37,39-40,42-44H2,1-10,12-27H3/b38-34+,47-41+/t46-,48+,50+,51-,52+,53+,54-,55+,56-,57+,59+,60-/m0/s1. The van der Waals surface area contributed by atoms with Gasteiger partial charge in [-0.05, 0) is 157 Å². The first kappa shape index (κ1) is 69.3. The van der Waals surface area contributed by atoms with Gasteiger partial charge in [-0.25, -0.2) is 0 Å². The predicted octanol–water partition coefficient (Wildman–Crippen LogP) is 17.3. The summed E-state index contributed by atoms with van der Waals surface area (Å²) in [5.41, 5.74) is 3.22. The van der Waals surface area contributed by atoms with E-state index in [0.29, 0.717) is 12.8 Å². The van der Waals surface area contributed by atoms with Gasteiger partial charge in [-0.3, -0.25) is 4.79 Å². The maximum Gasteiger partial charge on any atom is 0.309 e. The lowest BCUT2D eigenvalue weighted by molar-refractivity contribution is -0.157. The minimum Gasteiger partial charge on any atom is -0.455 e. The summed E-state index contributed by atoms with van der Waals surface area (Å²) in [4.78, 5) is 14.2. The Labute approximate surface area is 467 Å². The molecular formula is C63H114O8Si4. The molecule has 2 aliphatic rings. The number of rotatable bonds is 27. The normalized spacial score (nSPS) is 23.3. The summed E-state index contributed by atoms with van der Waals surface area (Å²) in [6.45, 7) is 63.5. The third kappa shape index (κ3) is 20.3. The number of ether oxygens (including phenoxy) is 3. The van der Waals surface area contributed by atoms with E-state index in [-0.39, 0.29) is 81.9 Å². The predicted molar refractivity (Wildman–Crippen MR) is 329 cm³/mol. The van der Waals surface area contributed by atoms with Crippen LogP contribution in [0.4, 0.5) is 0 Å². The summed E-state index contributed by atoms with van der Waals surface area (Å²) >= 11 is 0. The van der Waals surface area contributed by atoms with Crippen LogP contribution in [0.25, 0.3) is 0 Å². The van der Waals surface area contributed by atoms with Crippen molar-refractivity contribution >= 4 is 39.2 Å². The second-order valence-corrected chi connectivity index (χ2v) is 46.3. The molecule has 0 unspecified atom stereocenters. The van der Waals surface area contributed by atoms with Crippen LogP contribution in [0.1, 0.15) is 177 Å². The van der Waals surface area contributed by atoms with Gasteiger partial charge < -0.3 is 31.9 Å². The van der Waals surface area contributed by atoms with Crippen molar-refractivity contribution in [1.29, 1.82) is 0 Å². The van der Waals surface area contributed by atoms with Gasteiger partial charge in [0.1, 0.15) is 12.2 Å². The van der Waals surface area contributed by atoms with Crippen molar-refractivity contribution in [3.63, 3.8) is 0 Å². The van der Waals surface area contributed by atoms with Crippen LogP contribution in [-0.2, 0) is 36.7 Å². The zero-order valence-corrected chi connectivity index (χ0v) is 57.1. The summed E-state index contributed by atoms with van der Waals surface area (Å²) in [5.74, 6) is 12.7. The van der Waals surface area contributed by atoms with E-state index in [1.54, 1.807) is 0 Å². The SMILES string of the molecule is C=C(/C=C(\C)[C@@H](C)[C@H](C[C@@H](O[Si](CC)(CC)CC)[C@@H](C)C#CC)O[Si](C)(C)C(C)(C)C)[C@@H](O[Si](C)(C)C(C)(C)C)[C@@H](O[Si](C)(C)C(C)(C)C)[C@H]1C[C@@H](C)[C@H](CC(=O)O[C@H](/C=C/C=C(C)C)[C@H]2CC[C@H](CC#CC)O2)O1. The molecule has 2 heterocycles. The van der Waals surface area contributed by atoms with Crippen LogP contribution in [0.2, 0.25) is 72.5 Å². The molecule has 0 aromatic rings. The molecule has 12 atom stereocenters. The summed E-state index contributed by atoms with van der Waals surface area (Å²) in [7, 11) is -9.21. The Hall–Kier alpha value is -1.82. The largest absolute Gasteiger partial charge is 0.455 e. The van der Waals surface area contributed by atoms with Gasteiger partial charge in [-0.15, -0.1) is 17.8 Å². The molecule has 0 aliphatic carbocycles. The third-order valence-electron chi connectivity index (χ3n) is 18.1. The topological polar surface area (TPSA) is 81.7 Å². The van der Waals surface area contributed by atoms with Crippen molar-refractivity contribution in [2.75, 3.05) is 0 Å². The molecule has 0 aromatic carbocycles. The Morgan fingerprint density at radius 3 is 1.80 bits per heavy atom. The number of hydrogen-bond acceptors (Lipinski definition) is 8. The lowest BCUT2D eigenvalue weighted by Crippen LogP contribution is -2.55. The van der Waals surface area contributed by atoms with Crippen molar-refractivity contribution in [3.8, 4) is 23.7 Å². The Bertz CT molecular complexity index is 2030. The van der Waals surface area contributed by atoms with Crippen molar-refractivity contribution in [1.82, 2.24) is 0 Å². The van der Waals surface area contributed by atoms with E-state index in [2.05, 4.69) is 194 Å². The van der Waals surface area contributed by atoms with E-state index in [4.69, 9.17) is 38.5 Å². The van der Waals surface area contributed by atoms with Crippen LogP contribution >= 0.6 is 0 Å². The molecule has 0 radical (unpaired) electrons. The monoisotopic (exact) mass is 1110 g/mol. The average Bonchev–Trinajstić information content (AvgIpc) is 3.91. The van der Waals surface area contributed by atoms with Gasteiger partial charge in [0.25, 0.3) is 0 Å². The highest BCUT2D eigenvalue weighted by atomic mass is 28.4. The summed E-state index contributed by atoms with van der Waals surface area (Å²) in [5, 5.41) is -0.181. The molecule has 0 saturated carbocycles. The fourth-order valence-corrected chi connectivity index (χ4v) is 16.3. The van der Waals surface area contributed by atoms with Gasteiger partial charge >= 0.3 is 5.97 Å². The van der Waals surface area contributed by atoms with E-state index in [0.717, 1.165) is 48.5 Å². The molecule has 0 amide bonds. The minimum atomic E-state index is -2.48. The summed E-state index contributed by atoms with van der Waals surface area (Å²) < 4.78 is 50.2. The molecule has 0 aromatic heterocycles. The fraction of sp³-hybridized carbons (Fsp3) is 0.794. The first-order valence-corrected chi connectivity index (χ1v) is 40.3. The van der Waals surface area contributed by atoms with E-state index in [1.165, 1.54) is 5.57 Å². The first-order valence-electron chi connectivity index (χ1n) is 29.1. The second-order valence-electron chi connectivity index (χ2n) is 27.3. The molecule has 8 nitrogen and oxygen atoms in total. The first-order chi connectivity index (χ1) is 34.3. The molecule has 2 rings (SSSR count). The second kappa shape index (κ2) is 29.1. The fourth-order valence-electron chi connectivity index (χ4n) is 9.33. The van der Waals surface area contributed by atoms with Crippen LogP contribution in [0.15, 0.2) is 47.6 Å². The molecular weight excluding hydrogens is 997 g/mol. The van der Waals surface area contributed by atoms with Gasteiger partial charge in [0.15, 0.2) is 33.3 Å². The highest BCUT2D eigenvalue weighted by molar-refractivity contribution is 6.75. The maximum atomic E-state index is 14.2. The quantitative estimate of drug-likeness (QED) is 0.0348. The van der Waals surface area contributed by atoms with Crippen LogP contribution < -0.4 is 0 Å². The smallest absolute Gasteiger partial charge is 0.309 e. The molecule has 0 spiro atoms. The van der Waals surface area contributed by atoms with Gasteiger partial charge in [0.2, 0.25) is 0 Å². The Morgan fingerprint density at radius 1 is 0.747 bits per heavy atom. The Morgan fingerprint density at radius 2 is 1.29 bits per heavy atom. The van der Waals surface area contributed by atoms with Crippen LogP contribution in [0.3, 0.4) is 0 Å². The molecule has 2 fully saturated rings. The third-order valence-corrected chi connectivity index (χ3v) is 36.2. The molecule has 2 saturated heterocycles. The van der Waals surface area contributed by atoms with Crippen molar-refractivity contribution in [2.45, 2.75) is 304 Å². The molecule has 75 heavy (non-hydrogen) atoms. The zero-order chi connectivity index (χ0) is 57.7. The van der Waals surface area contributed by atoms with Crippen molar-refractivity contribution in [3.05, 3.63) is 47.6 Å². The number of carbonyl (C=O) groups is 1. The van der Waals surface area contributed by atoms with Crippen LogP contribution in [0.5, 0.6) is 0 Å². The van der Waals surface area contributed by atoms with E-state index < -0.39 is 51.6 Å². The van der Waals surface area contributed by atoms with Crippen molar-refractivity contribution < 1.29 is 36.7 Å². The summed E-state index contributed by atoms with van der Waals surface area (Å²) in [6, 6.07) is 3.23. The van der Waals surface area contributed by atoms with E-state index in [9.17, 15) is 4.79 Å². The zero-order valence-electron chi connectivity index (χ0n) is 53.1. The van der Waals surface area contributed by atoms with Gasteiger partial charge in [0, 0.05) is 18.3 Å². The number of allylic oxidation sites excluding steroid dienone is 3.